The molecule has 0 unspecified atom stereocenters. The minimum absolute atomic E-state index is 0.387. The Morgan fingerprint density at radius 2 is 1.83 bits per heavy atom. The Balaban J connectivity index is 2.01. The molecule has 3 nitrogen and oxygen atoms in total. The largest absolute Gasteiger partial charge is 0.366 e. The van der Waals surface area contributed by atoms with Crippen LogP contribution in [0.5, 0.6) is 0 Å². The van der Waals surface area contributed by atoms with Crippen LogP contribution in [0, 0.1) is 6.92 Å². The van der Waals surface area contributed by atoms with E-state index in [4.69, 9.17) is 5.73 Å². The van der Waals surface area contributed by atoms with Crippen LogP contribution < -0.4 is 5.73 Å². The molecule has 0 aliphatic heterocycles. The van der Waals surface area contributed by atoms with Crippen molar-refractivity contribution in [1.82, 2.24) is 4.57 Å². The summed E-state index contributed by atoms with van der Waals surface area (Å²) in [5.41, 5.74) is 10.4. The number of nitrogens with zero attached hydrogens (tertiary/aromatic N) is 1. The van der Waals surface area contributed by atoms with Crippen molar-refractivity contribution in [2.24, 2.45) is 5.73 Å². The topological polar surface area (TPSA) is 48.0 Å². The standard InChI is InChI=1S/C20H19BrN2O/c1-14-18(20(22)24)13-19(16-8-5-9-17(21)12-16)23(14)11-10-15-6-3-2-4-7-15/h2-9,12-13H,10-11H2,1H3,(H2,22,24). The average molecular weight is 383 g/mol. The van der Waals surface area contributed by atoms with E-state index in [1.165, 1.54) is 5.56 Å². The first kappa shape index (κ1) is 16.5. The molecule has 0 saturated heterocycles. The smallest absolute Gasteiger partial charge is 0.250 e. The first-order chi connectivity index (χ1) is 11.6. The van der Waals surface area contributed by atoms with E-state index in [9.17, 15) is 4.79 Å². The Hall–Kier alpha value is -2.33. The molecule has 1 aromatic heterocycles. The Morgan fingerprint density at radius 1 is 1.08 bits per heavy atom. The molecule has 1 heterocycles. The van der Waals surface area contributed by atoms with Gasteiger partial charge in [-0.25, -0.2) is 0 Å². The molecular weight excluding hydrogens is 364 g/mol. The normalized spacial score (nSPS) is 10.8. The molecule has 2 aromatic carbocycles. The van der Waals surface area contributed by atoms with Crippen molar-refractivity contribution in [3.63, 3.8) is 0 Å². The maximum atomic E-state index is 11.8. The number of hydrogen-bond acceptors (Lipinski definition) is 1. The van der Waals surface area contributed by atoms with Crippen LogP contribution in [0.4, 0.5) is 0 Å². The van der Waals surface area contributed by atoms with E-state index in [0.717, 1.165) is 34.4 Å². The molecule has 0 bridgehead atoms. The van der Waals surface area contributed by atoms with Gasteiger partial charge in [-0.15, -0.1) is 0 Å². The molecule has 2 N–H and O–H groups in total. The van der Waals surface area contributed by atoms with Gasteiger partial charge >= 0.3 is 0 Å². The second kappa shape index (κ2) is 7.05. The van der Waals surface area contributed by atoms with Gasteiger partial charge in [0.2, 0.25) is 0 Å². The lowest BCUT2D eigenvalue weighted by Gasteiger charge is -2.12. The Bertz CT molecular complexity index is 869. The number of primary amides is 1. The molecule has 1 amide bonds. The molecule has 0 aliphatic carbocycles. The zero-order valence-electron chi connectivity index (χ0n) is 13.5. The van der Waals surface area contributed by atoms with Crippen LogP contribution in [0.2, 0.25) is 0 Å². The number of benzene rings is 2. The van der Waals surface area contributed by atoms with Crippen LogP contribution in [0.15, 0.2) is 65.1 Å². The Labute approximate surface area is 150 Å². The zero-order chi connectivity index (χ0) is 17.1. The highest BCUT2D eigenvalue weighted by molar-refractivity contribution is 9.10. The lowest BCUT2D eigenvalue weighted by Crippen LogP contribution is -2.13. The van der Waals surface area contributed by atoms with E-state index in [1.807, 2.05) is 49.4 Å². The van der Waals surface area contributed by atoms with Gasteiger partial charge in [0.25, 0.3) is 5.91 Å². The van der Waals surface area contributed by atoms with E-state index in [1.54, 1.807) is 0 Å². The van der Waals surface area contributed by atoms with Crippen molar-refractivity contribution < 1.29 is 4.79 Å². The fraction of sp³-hybridized carbons (Fsp3) is 0.150. The monoisotopic (exact) mass is 382 g/mol. The van der Waals surface area contributed by atoms with Gasteiger partial charge < -0.3 is 10.3 Å². The van der Waals surface area contributed by atoms with Crippen LogP contribution in [0.1, 0.15) is 21.6 Å². The number of carbonyl (C=O) groups is 1. The van der Waals surface area contributed by atoms with Gasteiger partial charge in [0, 0.05) is 22.4 Å². The predicted octanol–water partition coefficient (Wildman–Crippen LogP) is 4.57. The van der Waals surface area contributed by atoms with Crippen LogP contribution in [0.3, 0.4) is 0 Å². The maximum absolute atomic E-state index is 11.8. The number of amides is 1. The molecule has 3 rings (SSSR count). The minimum atomic E-state index is -0.387. The lowest BCUT2D eigenvalue weighted by atomic mass is 10.1. The number of aromatic nitrogens is 1. The highest BCUT2D eigenvalue weighted by atomic mass is 79.9. The Kier molecular flexibility index (Phi) is 4.86. The Morgan fingerprint density at radius 3 is 2.50 bits per heavy atom. The summed E-state index contributed by atoms with van der Waals surface area (Å²) in [4.78, 5) is 11.8. The fourth-order valence-electron chi connectivity index (χ4n) is 2.96. The lowest BCUT2D eigenvalue weighted by molar-refractivity contribution is 0.0999. The summed E-state index contributed by atoms with van der Waals surface area (Å²) >= 11 is 3.51. The highest BCUT2D eigenvalue weighted by Gasteiger charge is 2.16. The van der Waals surface area contributed by atoms with Gasteiger partial charge in [-0.2, -0.15) is 0 Å². The summed E-state index contributed by atoms with van der Waals surface area (Å²) in [5, 5.41) is 0. The SMILES string of the molecule is Cc1c(C(N)=O)cc(-c2cccc(Br)c2)n1CCc1ccccc1. The van der Waals surface area contributed by atoms with Gasteiger partial charge in [-0.05, 0) is 42.7 Å². The van der Waals surface area contributed by atoms with Gasteiger partial charge in [-0.1, -0.05) is 58.4 Å². The molecule has 0 atom stereocenters. The van der Waals surface area contributed by atoms with Gasteiger partial charge in [-0.3, -0.25) is 4.79 Å². The van der Waals surface area contributed by atoms with Gasteiger partial charge in [0.1, 0.15) is 0 Å². The molecule has 122 valence electrons. The first-order valence-corrected chi connectivity index (χ1v) is 8.65. The van der Waals surface area contributed by atoms with E-state index >= 15 is 0 Å². The second-order valence-electron chi connectivity index (χ2n) is 5.79. The third-order valence-electron chi connectivity index (χ3n) is 4.22. The highest BCUT2D eigenvalue weighted by Crippen LogP contribution is 2.28. The summed E-state index contributed by atoms with van der Waals surface area (Å²) in [7, 11) is 0. The van der Waals surface area contributed by atoms with Crippen molar-refractivity contribution in [2.45, 2.75) is 19.9 Å². The predicted molar refractivity (Wildman–Crippen MR) is 101 cm³/mol. The van der Waals surface area contributed by atoms with Crippen molar-refractivity contribution in [3.05, 3.63) is 82.0 Å². The van der Waals surface area contributed by atoms with Gasteiger partial charge in [0.05, 0.1) is 5.56 Å². The second-order valence-corrected chi connectivity index (χ2v) is 6.71. The first-order valence-electron chi connectivity index (χ1n) is 7.86. The maximum Gasteiger partial charge on any atom is 0.250 e. The summed E-state index contributed by atoms with van der Waals surface area (Å²) in [6.07, 6.45) is 0.898. The van der Waals surface area contributed by atoms with E-state index < -0.39 is 0 Å². The van der Waals surface area contributed by atoms with Crippen LogP contribution in [0.25, 0.3) is 11.3 Å². The van der Waals surface area contributed by atoms with Crippen LogP contribution in [-0.4, -0.2) is 10.5 Å². The molecular formula is C20H19BrN2O. The summed E-state index contributed by atoms with van der Waals surface area (Å²) < 4.78 is 3.18. The molecule has 0 aliphatic rings. The van der Waals surface area contributed by atoms with E-state index in [-0.39, 0.29) is 5.91 Å². The number of nitrogens with two attached hydrogens (primary N) is 1. The molecule has 24 heavy (non-hydrogen) atoms. The molecule has 4 heteroatoms. The zero-order valence-corrected chi connectivity index (χ0v) is 15.1. The minimum Gasteiger partial charge on any atom is -0.366 e. The quantitative estimate of drug-likeness (QED) is 0.690. The number of hydrogen-bond donors (Lipinski definition) is 1. The van der Waals surface area contributed by atoms with Crippen LogP contribution >= 0.6 is 15.9 Å². The molecule has 0 spiro atoms. The molecule has 0 saturated carbocycles. The third-order valence-corrected chi connectivity index (χ3v) is 4.71. The van der Waals surface area contributed by atoms with Crippen molar-refractivity contribution >= 4 is 21.8 Å². The fourth-order valence-corrected chi connectivity index (χ4v) is 3.35. The number of aryl methyl sites for hydroxylation is 1. The van der Waals surface area contributed by atoms with E-state index in [0.29, 0.717) is 5.56 Å². The summed E-state index contributed by atoms with van der Waals surface area (Å²) in [6.45, 7) is 2.75. The summed E-state index contributed by atoms with van der Waals surface area (Å²) in [5.74, 6) is -0.387. The number of halogens is 1. The summed E-state index contributed by atoms with van der Waals surface area (Å²) in [6, 6.07) is 20.3. The molecule has 0 radical (unpaired) electrons. The molecule has 0 fully saturated rings. The van der Waals surface area contributed by atoms with Crippen molar-refractivity contribution in [2.75, 3.05) is 0 Å². The number of rotatable bonds is 5. The van der Waals surface area contributed by atoms with Crippen LogP contribution in [-0.2, 0) is 13.0 Å². The van der Waals surface area contributed by atoms with Crippen molar-refractivity contribution in [3.8, 4) is 11.3 Å². The van der Waals surface area contributed by atoms with Crippen molar-refractivity contribution in [1.29, 1.82) is 0 Å². The third kappa shape index (κ3) is 3.44. The van der Waals surface area contributed by atoms with E-state index in [2.05, 4.69) is 38.7 Å². The molecule has 3 aromatic rings. The van der Waals surface area contributed by atoms with Gasteiger partial charge in [0.15, 0.2) is 0 Å². The number of carbonyl (C=O) groups excluding carboxylic acids is 1. The average Bonchev–Trinajstić information content (AvgIpc) is 2.91.